The molecule has 3 N–H and O–H groups in total. The summed E-state index contributed by atoms with van der Waals surface area (Å²) in [5.41, 5.74) is 1.98. The highest BCUT2D eigenvalue weighted by Crippen LogP contribution is 2.46. The molecule has 11 heteroatoms. The fraction of sp³-hybridized carbons (Fsp3) is 0.448. The quantitative estimate of drug-likeness (QED) is 0.335. The summed E-state index contributed by atoms with van der Waals surface area (Å²) in [6.07, 6.45) is -0.0417. The minimum atomic E-state index is -1.97. The number of carbonyl (C=O) groups is 2. The van der Waals surface area contributed by atoms with E-state index in [0.717, 1.165) is 16.5 Å². The Morgan fingerprint density at radius 2 is 2.08 bits per heavy atom. The topological polar surface area (TPSA) is 123 Å². The standard InChI is InChI=1S/C29H28F2N4O5/c1-3-29(39)16-8-21-24-14(10-35(21)27(37)15(16)11-40-28(29)38)23-19(34-26(36)25-17(30)6-7-32-25)5-4-13-12(2)18(31)9-20(33-24)22(13)23/h8-9,17,19,25,32,39H,3-7,10-11H2,1-2H3,(H,34,36)/t17-,19-,25+,29-/m0/s1. The SMILES string of the molecule is CC[C@@]1(O)C(=O)OCc2c1cc1n(c2=O)Cc2c-1nc1cc(F)c(C)c3c1c2[C@@H](NC(=O)[C@@H]1NCC[C@@H]1F)CC3. The highest BCUT2D eigenvalue weighted by atomic mass is 19.1. The summed E-state index contributed by atoms with van der Waals surface area (Å²) in [6, 6.07) is 1.51. The number of cyclic esters (lactones) is 1. The third kappa shape index (κ3) is 3.30. The number of halogens is 2. The number of rotatable bonds is 3. The van der Waals surface area contributed by atoms with E-state index in [1.165, 1.54) is 10.6 Å². The van der Waals surface area contributed by atoms with Gasteiger partial charge in [0.2, 0.25) is 5.91 Å². The van der Waals surface area contributed by atoms with Crippen molar-refractivity contribution in [1.82, 2.24) is 20.2 Å². The fourth-order valence-electron chi connectivity index (χ4n) is 6.89. The van der Waals surface area contributed by atoms with Gasteiger partial charge >= 0.3 is 5.97 Å². The van der Waals surface area contributed by atoms with Gasteiger partial charge in [-0.15, -0.1) is 0 Å². The summed E-state index contributed by atoms with van der Waals surface area (Å²) in [4.78, 5) is 44.2. The summed E-state index contributed by atoms with van der Waals surface area (Å²) < 4.78 is 36.1. The first-order valence-electron chi connectivity index (χ1n) is 13.6. The Morgan fingerprint density at radius 1 is 1.27 bits per heavy atom. The molecular formula is C29H28F2N4O5. The van der Waals surface area contributed by atoms with Crippen molar-refractivity contribution >= 4 is 22.8 Å². The average molecular weight is 551 g/mol. The maximum atomic E-state index is 15.0. The molecule has 2 aromatic heterocycles. The zero-order valence-corrected chi connectivity index (χ0v) is 22.1. The second kappa shape index (κ2) is 8.65. The number of aliphatic hydroxyl groups is 1. The zero-order chi connectivity index (χ0) is 28.1. The smallest absolute Gasteiger partial charge is 0.343 e. The summed E-state index contributed by atoms with van der Waals surface area (Å²) in [5.74, 6) is -1.66. The maximum Gasteiger partial charge on any atom is 0.343 e. The number of amides is 1. The van der Waals surface area contributed by atoms with Crippen molar-refractivity contribution in [3.63, 3.8) is 0 Å². The van der Waals surface area contributed by atoms with Crippen LogP contribution < -0.4 is 16.2 Å². The van der Waals surface area contributed by atoms with E-state index in [1.807, 2.05) is 0 Å². The number of hydrogen-bond donors (Lipinski definition) is 3. The van der Waals surface area contributed by atoms with Crippen LogP contribution in [0.2, 0.25) is 0 Å². The van der Waals surface area contributed by atoms with Gasteiger partial charge in [-0.1, -0.05) is 6.92 Å². The molecule has 0 unspecified atom stereocenters. The molecule has 0 radical (unpaired) electrons. The van der Waals surface area contributed by atoms with E-state index in [1.54, 1.807) is 19.9 Å². The van der Waals surface area contributed by atoms with Crippen LogP contribution in [0.3, 0.4) is 0 Å². The van der Waals surface area contributed by atoms with Crippen molar-refractivity contribution in [2.24, 2.45) is 0 Å². The normalized spacial score (nSPS) is 26.3. The van der Waals surface area contributed by atoms with Crippen molar-refractivity contribution in [2.45, 2.75) is 76.5 Å². The van der Waals surface area contributed by atoms with Gasteiger partial charge in [0, 0.05) is 22.6 Å². The van der Waals surface area contributed by atoms with Crippen molar-refractivity contribution in [1.29, 1.82) is 0 Å². The van der Waals surface area contributed by atoms with E-state index in [-0.39, 0.29) is 37.1 Å². The van der Waals surface area contributed by atoms with E-state index >= 15 is 4.39 Å². The van der Waals surface area contributed by atoms with Crippen LogP contribution in [-0.4, -0.2) is 45.3 Å². The predicted molar refractivity (Wildman–Crippen MR) is 140 cm³/mol. The van der Waals surface area contributed by atoms with Crippen LogP contribution in [0.1, 0.15) is 65.6 Å². The number of nitrogens with one attached hydrogen (secondary N) is 2. The van der Waals surface area contributed by atoms with Crippen LogP contribution >= 0.6 is 0 Å². The minimum Gasteiger partial charge on any atom is -0.458 e. The maximum absolute atomic E-state index is 15.0. The highest BCUT2D eigenvalue weighted by Gasteiger charge is 2.46. The Hall–Kier alpha value is -3.70. The molecule has 7 rings (SSSR count). The Bertz CT molecular complexity index is 1720. The molecule has 9 nitrogen and oxygen atoms in total. The van der Waals surface area contributed by atoms with Crippen molar-refractivity contribution in [2.75, 3.05) is 6.54 Å². The lowest BCUT2D eigenvalue weighted by Crippen LogP contribution is -2.46. The molecule has 1 saturated heterocycles. The number of aryl methyl sites for hydroxylation is 1. The van der Waals surface area contributed by atoms with Crippen molar-refractivity contribution in [3.8, 4) is 11.4 Å². The number of alkyl halides is 1. The number of aromatic nitrogens is 2. The second-order valence-corrected chi connectivity index (χ2v) is 11.1. The van der Waals surface area contributed by atoms with Crippen LogP contribution in [-0.2, 0) is 39.5 Å². The van der Waals surface area contributed by atoms with Crippen molar-refractivity contribution < 1.29 is 28.2 Å². The van der Waals surface area contributed by atoms with E-state index < -0.39 is 47.1 Å². The number of pyridine rings is 2. The van der Waals surface area contributed by atoms with E-state index in [2.05, 4.69) is 10.6 Å². The molecule has 4 aliphatic rings. The summed E-state index contributed by atoms with van der Waals surface area (Å²) >= 11 is 0. The zero-order valence-electron chi connectivity index (χ0n) is 22.1. The van der Waals surface area contributed by atoms with E-state index in [0.29, 0.717) is 47.4 Å². The number of ether oxygens (including phenoxy) is 1. The number of carbonyl (C=O) groups excluding carboxylic acids is 2. The number of esters is 1. The van der Waals surface area contributed by atoms with Crippen LogP contribution in [0.15, 0.2) is 16.9 Å². The number of benzene rings is 1. The summed E-state index contributed by atoms with van der Waals surface area (Å²) in [6.45, 7) is 3.65. The molecule has 1 aliphatic carbocycles. The summed E-state index contributed by atoms with van der Waals surface area (Å²) in [5, 5.41) is 17.9. The number of fused-ring (bicyclic) bond motifs is 5. The lowest BCUT2D eigenvalue weighted by Gasteiger charge is -2.31. The van der Waals surface area contributed by atoms with Gasteiger partial charge in [0.15, 0.2) is 5.60 Å². The van der Waals surface area contributed by atoms with Gasteiger partial charge < -0.3 is 25.0 Å². The van der Waals surface area contributed by atoms with Gasteiger partial charge in [0.05, 0.1) is 35.1 Å². The van der Waals surface area contributed by atoms with Gasteiger partial charge in [-0.2, -0.15) is 0 Å². The first-order chi connectivity index (χ1) is 19.1. The molecule has 3 aromatic rings. The van der Waals surface area contributed by atoms with Crippen molar-refractivity contribution in [3.05, 3.63) is 61.7 Å². The molecule has 3 aliphatic heterocycles. The monoisotopic (exact) mass is 550 g/mol. The molecule has 1 aromatic carbocycles. The molecule has 40 heavy (non-hydrogen) atoms. The number of hydrogen-bond acceptors (Lipinski definition) is 7. The Balaban J connectivity index is 1.45. The molecular weight excluding hydrogens is 522 g/mol. The predicted octanol–water partition coefficient (Wildman–Crippen LogP) is 2.33. The summed E-state index contributed by atoms with van der Waals surface area (Å²) in [7, 11) is 0. The van der Waals surface area contributed by atoms with Gasteiger partial charge in [-0.3, -0.25) is 9.59 Å². The molecule has 1 amide bonds. The Morgan fingerprint density at radius 3 is 2.80 bits per heavy atom. The molecule has 5 heterocycles. The Labute approximate surface area is 227 Å². The van der Waals surface area contributed by atoms with Gasteiger partial charge in [0.1, 0.15) is 24.6 Å². The van der Waals surface area contributed by atoms with Crippen LogP contribution in [0, 0.1) is 12.7 Å². The molecule has 4 atom stereocenters. The average Bonchev–Trinajstić information content (AvgIpc) is 3.53. The largest absolute Gasteiger partial charge is 0.458 e. The van der Waals surface area contributed by atoms with E-state index in [4.69, 9.17) is 9.72 Å². The lowest BCUT2D eigenvalue weighted by molar-refractivity contribution is -0.172. The number of nitrogens with zero attached hydrogens (tertiary/aromatic N) is 2. The van der Waals surface area contributed by atoms with Crippen LogP contribution in [0.25, 0.3) is 22.3 Å². The highest BCUT2D eigenvalue weighted by molar-refractivity contribution is 5.94. The van der Waals surface area contributed by atoms with Gasteiger partial charge in [-0.05, 0) is 61.9 Å². The second-order valence-electron chi connectivity index (χ2n) is 11.1. The molecule has 0 bridgehead atoms. The minimum absolute atomic E-state index is 0.0116. The first-order valence-corrected chi connectivity index (χ1v) is 13.6. The van der Waals surface area contributed by atoms with Gasteiger partial charge in [-0.25, -0.2) is 18.6 Å². The van der Waals surface area contributed by atoms with Crippen LogP contribution in [0.4, 0.5) is 8.78 Å². The van der Waals surface area contributed by atoms with Crippen LogP contribution in [0.5, 0.6) is 0 Å². The Kier molecular flexibility index (Phi) is 5.47. The third-order valence-corrected chi connectivity index (χ3v) is 9.12. The van der Waals surface area contributed by atoms with E-state index in [9.17, 15) is 23.9 Å². The molecule has 208 valence electrons. The lowest BCUT2D eigenvalue weighted by atomic mass is 9.81. The molecule has 1 fully saturated rings. The fourth-order valence-corrected chi connectivity index (χ4v) is 6.89. The molecule has 0 spiro atoms. The molecule has 0 saturated carbocycles. The van der Waals surface area contributed by atoms with Gasteiger partial charge in [0.25, 0.3) is 5.56 Å². The first kappa shape index (κ1) is 25.3. The third-order valence-electron chi connectivity index (χ3n) is 9.12.